The number of nitrogens with zero attached hydrogens (tertiary/aromatic N) is 2. The van der Waals surface area contributed by atoms with Crippen molar-refractivity contribution in [3.63, 3.8) is 0 Å². The molecular formula is C28H35FN2OS2. The number of hydrogen-bond donors (Lipinski definition) is 0. The lowest BCUT2D eigenvalue weighted by Gasteiger charge is -2.31. The highest BCUT2D eigenvalue weighted by Crippen LogP contribution is 2.34. The first-order chi connectivity index (χ1) is 16.7. The maximum Gasteiger partial charge on any atom is 0.170 e. The van der Waals surface area contributed by atoms with Gasteiger partial charge in [-0.25, -0.2) is 4.39 Å². The van der Waals surface area contributed by atoms with E-state index in [4.69, 9.17) is 4.52 Å². The second-order valence-corrected chi connectivity index (χ2v) is 12.6. The zero-order valence-electron chi connectivity index (χ0n) is 19.9. The predicted octanol–water partition coefficient (Wildman–Crippen LogP) is 7.30. The SMILES string of the molecule is Fc1ccc2c(C3CCN(CCCCc4ccc(CCC5SCCCS5)cc4)CC3)noc2c1. The van der Waals surface area contributed by atoms with E-state index in [1.54, 1.807) is 0 Å². The molecular weight excluding hydrogens is 463 g/mol. The second-order valence-electron chi connectivity index (χ2n) is 9.66. The number of aromatic nitrogens is 1. The van der Waals surface area contributed by atoms with Crippen LogP contribution in [0.25, 0.3) is 11.0 Å². The summed E-state index contributed by atoms with van der Waals surface area (Å²) >= 11 is 4.30. The van der Waals surface area contributed by atoms with Gasteiger partial charge in [-0.15, -0.1) is 23.5 Å². The van der Waals surface area contributed by atoms with E-state index in [0.29, 0.717) is 11.5 Å². The minimum absolute atomic E-state index is 0.269. The topological polar surface area (TPSA) is 29.3 Å². The fourth-order valence-corrected chi connectivity index (χ4v) is 8.04. The molecule has 2 aliphatic heterocycles. The highest BCUT2D eigenvalue weighted by molar-refractivity contribution is 8.17. The summed E-state index contributed by atoms with van der Waals surface area (Å²) in [5, 5.41) is 5.24. The third kappa shape index (κ3) is 6.38. The average Bonchev–Trinajstić information content (AvgIpc) is 3.30. The Morgan fingerprint density at radius 1 is 0.941 bits per heavy atom. The van der Waals surface area contributed by atoms with Crippen LogP contribution in [0.5, 0.6) is 0 Å². The molecule has 3 nitrogen and oxygen atoms in total. The Hall–Kier alpha value is -1.50. The average molecular weight is 499 g/mol. The molecule has 6 heteroatoms. The molecule has 2 fully saturated rings. The number of fused-ring (bicyclic) bond motifs is 1. The third-order valence-corrected chi connectivity index (χ3v) is 10.3. The molecule has 5 rings (SSSR count). The third-order valence-electron chi connectivity index (χ3n) is 7.21. The number of hydrogen-bond acceptors (Lipinski definition) is 5. The number of likely N-dealkylation sites (tertiary alicyclic amines) is 1. The largest absolute Gasteiger partial charge is 0.356 e. The first-order valence-electron chi connectivity index (χ1n) is 12.8. The highest BCUT2D eigenvalue weighted by Gasteiger charge is 2.25. The van der Waals surface area contributed by atoms with Crippen molar-refractivity contribution in [2.75, 3.05) is 31.1 Å². The molecule has 0 N–H and O–H groups in total. The van der Waals surface area contributed by atoms with Gasteiger partial charge in [0.2, 0.25) is 0 Å². The van der Waals surface area contributed by atoms with Crippen LogP contribution in [0.15, 0.2) is 47.0 Å². The van der Waals surface area contributed by atoms with Crippen molar-refractivity contribution in [2.45, 2.75) is 61.9 Å². The van der Waals surface area contributed by atoms with Crippen LogP contribution in [0.1, 0.15) is 61.3 Å². The summed E-state index contributed by atoms with van der Waals surface area (Å²) in [6, 6.07) is 14.1. The van der Waals surface area contributed by atoms with Crippen LogP contribution in [-0.2, 0) is 12.8 Å². The van der Waals surface area contributed by atoms with Gasteiger partial charge in [-0.1, -0.05) is 29.4 Å². The number of piperidine rings is 1. The monoisotopic (exact) mass is 498 g/mol. The van der Waals surface area contributed by atoms with Crippen molar-refractivity contribution in [3.8, 4) is 0 Å². The molecule has 0 spiro atoms. The van der Waals surface area contributed by atoms with E-state index >= 15 is 0 Å². The van der Waals surface area contributed by atoms with Crippen LogP contribution in [-0.4, -0.2) is 45.8 Å². The van der Waals surface area contributed by atoms with Gasteiger partial charge in [0.1, 0.15) is 5.82 Å². The summed E-state index contributed by atoms with van der Waals surface area (Å²) in [5.74, 6) is 2.83. The Morgan fingerprint density at radius 3 is 2.44 bits per heavy atom. The standard InChI is InChI=1S/C28H35FN2OS2/c29-24-10-11-25-26(20-24)32-30-28(25)23-13-16-31(17-14-23)15-2-1-4-21-5-7-22(8-6-21)9-12-27-33-18-3-19-34-27/h5-8,10-11,20,23,27H,1-4,9,12-19H2. The first kappa shape index (κ1) is 24.2. The molecule has 2 aliphatic rings. The molecule has 0 atom stereocenters. The molecule has 0 radical (unpaired) electrons. The smallest absolute Gasteiger partial charge is 0.170 e. The molecule has 0 saturated carbocycles. The van der Waals surface area contributed by atoms with Gasteiger partial charge < -0.3 is 9.42 Å². The molecule has 0 unspecified atom stereocenters. The van der Waals surface area contributed by atoms with Crippen LogP contribution >= 0.6 is 23.5 Å². The van der Waals surface area contributed by atoms with Crippen LogP contribution in [0.2, 0.25) is 0 Å². The van der Waals surface area contributed by atoms with Crippen molar-refractivity contribution in [1.29, 1.82) is 0 Å². The maximum absolute atomic E-state index is 13.4. The lowest BCUT2D eigenvalue weighted by molar-refractivity contribution is 0.206. The fourth-order valence-electron chi connectivity index (χ4n) is 5.18. The number of benzene rings is 2. The summed E-state index contributed by atoms with van der Waals surface area (Å²) < 4.78 is 19.6. The lowest BCUT2D eigenvalue weighted by atomic mass is 9.91. The van der Waals surface area contributed by atoms with Crippen LogP contribution in [0, 0.1) is 5.82 Å². The van der Waals surface area contributed by atoms with E-state index in [-0.39, 0.29) is 5.82 Å². The van der Waals surface area contributed by atoms with Crippen LogP contribution in [0.4, 0.5) is 4.39 Å². The lowest BCUT2D eigenvalue weighted by Crippen LogP contribution is -2.33. The quantitative estimate of drug-likeness (QED) is 0.289. The summed E-state index contributed by atoms with van der Waals surface area (Å²) in [6.07, 6.45) is 9.74. The van der Waals surface area contributed by atoms with Gasteiger partial charge in [0, 0.05) is 17.4 Å². The Bertz CT molecular complexity index is 1040. The first-order valence-corrected chi connectivity index (χ1v) is 14.9. The van der Waals surface area contributed by atoms with Gasteiger partial charge in [0.15, 0.2) is 5.58 Å². The van der Waals surface area contributed by atoms with Gasteiger partial charge in [-0.05, 0) is 106 Å². The number of aryl methyl sites for hydroxylation is 2. The number of halogens is 1. The predicted molar refractivity (Wildman–Crippen MR) is 143 cm³/mol. The molecule has 3 aromatic rings. The summed E-state index contributed by atoms with van der Waals surface area (Å²) in [5.41, 5.74) is 4.53. The second kappa shape index (κ2) is 12.0. The number of rotatable bonds is 9. The Kier molecular flexibility index (Phi) is 8.51. The van der Waals surface area contributed by atoms with Crippen molar-refractivity contribution in [3.05, 3.63) is 65.1 Å². The molecule has 0 amide bonds. The Labute approximate surface area is 211 Å². The van der Waals surface area contributed by atoms with Crippen molar-refractivity contribution >= 4 is 34.5 Å². The van der Waals surface area contributed by atoms with Crippen LogP contribution < -0.4 is 0 Å². The summed E-state index contributed by atoms with van der Waals surface area (Å²) in [6.45, 7) is 3.38. The van der Waals surface area contributed by atoms with Gasteiger partial charge in [-0.3, -0.25) is 0 Å². The molecule has 0 aliphatic carbocycles. The Balaban J connectivity index is 0.994. The van der Waals surface area contributed by atoms with E-state index in [2.05, 4.69) is 57.8 Å². The number of unbranched alkanes of at least 4 members (excludes halogenated alkanes) is 1. The summed E-state index contributed by atoms with van der Waals surface area (Å²) in [7, 11) is 0. The molecule has 2 saturated heterocycles. The highest BCUT2D eigenvalue weighted by atomic mass is 32.2. The van der Waals surface area contributed by atoms with Gasteiger partial charge >= 0.3 is 0 Å². The van der Waals surface area contributed by atoms with Crippen LogP contribution in [0.3, 0.4) is 0 Å². The molecule has 34 heavy (non-hydrogen) atoms. The normalized spacial score (nSPS) is 18.6. The van der Waals surface area contributed by atoms with E-state index in [1.165, 1.54) is 79.8 Å². The minimum atomic E-state index is -0.269. The van der Waals surface area contributed by atoms with E-state index < -0.39 is 0 Å². The van der Waals surface area contributed by atoms with Gasteiger partial charge in [0.05, 0.1) is 10.3 Å². The van der Waals surface area contributed by atoms with Gasteiger partial charge in [0.25, 0.3) is 0 Å². The van der Waals surface area contributed by atoms with E-state index in [0.717, 1.165) is 41.6 Å². The van der Waals surface area contributed by atoms with Crippen molar-refractivity contribution < 1.29 is 8.91 Å². The number of thioether (sulfide) groups is 2. The fraction of sp³-hybridized carbons (Fsp3) is 0.536. The Morgan fingerprint density at radius 2 is 1.68 bits per heavy atom. The zero-order valence-corrected chi connectivity index (χ0v) is 21.5. The molecule has 1 aromatic heterocycles. The molecule has 182 valence electrons. The van der Waals surface area contributed by atoms with E-state index in [1.807, 2.05) is 6.07 Å². The molecule has 0 bridgehead atoms. The maximum atomic E-state index is 13.4. The molecule has 2 aromatic carbocycles. The van der Waals surface area contributed by atoms with Gasteiger partial charge in [-0.2, -0.15) is 0 Å². The zero-order chi connectivity index (χ0) is 23.2. The summed E-state index contributed by atoms with van der Waals surface area (Å²) in [4.78, 5) is 2.59. The van der Waals surface area contributed by atoms with E-state index in [9.17, 15) is 4.39 Å². The van der Waals surface area contributed by atoms with Crippen molar-refractivity contribution in [2.24, 2.45) is 0 Å². The van der Waals surface area contributed by atoms with Crippen molar-refractivity contribution in [1.82, 2.24) is 10.1 Å². The molecule has 3 heterocycles. The minimum Gasteiger partial charge on any atom is -0.356 e.